The lowest BCUT2D eigenvalue weighted by Gasteiger charge is -2.28. The Morgan fingerprint density at radius 1 is 1.25 bits per heavy atom. The van der Waals surface area contributed by atoms with Crippen molar-refractivity contribution in [3.8, 4) is 0 Å². The summed E-state index contributed by atoms with van der Waals surface area (Å²) < 4.78 is 12.7. The number of rotatable bonds is 3. The molecule has 1 heterocycles. The molecule has 0 saturated heterocycles. The fourth-order valence-electron chi connectivity index (χ4n) is 2.82. The lowest BCUT2D eigenvalue weighted by molar-refractivity contribution is 0.308. The SMILES string of the molecule is CCCC1CCC(c2ccc(F)nc2)CC1. The quantitative estimate of drug-likeness (QED) is 0.694. The van der Waals surface area contributed by atoms with Crippen LogP contribution in [0.1, 0.15) is 56.9 Å². The monoisotopic (exact) mass is 221 g/mol. The molecule has 1 saturated carbocycles. The summed E-state index contributed by atoms with van der Waals surface area (Å²) in [6, 6.07) is 3.38. The van der Waals surface area contributed by atoms with Crippen molar-refractivity contribution >= 4 is 0 Å². The third-order valence-electron chi connectivity index (χ3n) is 3.77. The average Bonchev–Trinajstić information content (AvgIpc) is 2.32. The first-order chi connectivity index (χ1) is 7.79. The molecule has 0 spiro atoms. The Morgan fingerprint density at radius 3 is 2.56 bits per heavy atom. The van der Waals surface area contributed by atoms with E-state index in [1.54, 1.807) is 6.20 Å². The second-order valence-electron chi connectivity index (χ2n) is 4.92. The van der Waals surface area contributed by atoms with Gasteiger partial charge in [-0.1, -0.05) is 25.8 Å². The Balaban J connectivity index is 1.91. The Hall–Kier alpha value is -0.920. The number of hydrogen-bond donors (Lipinski definition) is 0. The molecule has 2 rings (SSSR count). The van der Waals surface area contributed by atoms with E-state index in [1.165, 1.54) is 50.2 Å². The van der Waals surface area contributed by atoms with E-state index >= 15 is 0 Å². The van der Waals surface area contributed by atoms with Gasteiger partial charge in [-0.3, -0.25) is 0 Å². The third-order valence-corrected chi connectivity index (χ3v) is 3.77. The highest BCUT2D eigenvalue weighted by Crippen LogP contribution is 2.37. The molecule has 0 amide bonds. The van der Waals surface area contributed by atoms with E-state index in [-0.39, 0.29) is 5.95 Å². The number of pyridine rings is 1. The molecule has 0 bridgehead atoms. The van der Waals surface area contributed by atoms with Gasteiger partial charge in [0.2, 0.25) is 5.95 Å². The van der Waals surface area contributed by atoms with Gasteiger partial charge in [-0.25, -0.2) is 4.98 Å². The molecule has 16 heavy (non-hydrogen) atoms. The van der Waals surface area contributed by atoms with E-state index in [4.69, 9.17) is 0 Å². The molecule has 0 atom stereocenters. The summed E-state index contributed by atoms with van der Waals surface area (Å²) in [5, 5.41) is 0. The van der Waals surface area contributed by atoms with Gasteiger partial charge < -0.3 is 0 Å². The molecule has 0 radical (unpaired) electrons. The molecule has 1 aliphatic carbocycles. The van der Waals surface area contributed by atoms with Crippen molar-refractivity contribution in [1.82, 2.24) is 4.98 Å². The predicted molar refractivity (Wildman–Crippen MR) is 63.8 cm³/mol. The van der Waals surface area contributed by atoms with Crippen LogP contribution in [0.3, 0.4) is 0 Å². The van der Waals surface area contributed by atoms with Crippen LogP contribution in [0.2, 0.25) is 0 Å². The highest BCUT2D eigenvalue weighted by atomic mass is 19.1. The van der Waals surface area contributed by atoms with Crippen LogP contribution in [0.4, 0.5) is 4.39 Å². The van der Waals surface area contributed by atoms with Gasteiger partial charge in [0.1, 0.15) is 0 Å². The molecule has 1 nitrogen and oxygen atoms in total. The van der Waals surface area contributed by atoms with E-state index in [9.17, 15) is 4.39 Å². The summed E-state index contributed by atoms with van der Waals surface area (Å²) in [7, 11) is 0. The Morgan fingerprint density at radius 2 is 2.00 bits per heavy atom. The van der Waals surface area contributed by atoms with Crippen molar-refractivity contribution < 1.29 is 4.39 Å². The molecule has 0 unspecified atom stereocenters. The number of halogens is 1. The van der Waals surface area contributed by atoms with Gasteiger partial charge in [0.15, 0.2) is 0 Å². The Bertz CT molecular complexity index is 312. The van der Waals surface area contributed by atoms with E-state index in [0.717, 1.165) is 5.92 Å². The summed E-state index contributed by atoms with van der Waals surface area (Å²) in [4.78, 5) is 3.74. The van der Waals surface area contributed by atoms with Gasteiger partial charge >= 0.3 is 0 Å². The van der Waals surface area contributed by atoms with Crippen LogP contribution < -0.4 is 0 Å². The number of nitrogens with zero attached hydrogens (tertiary/aromatic N) is 1. The van der Waals surface area contributed by atoms with E-state index in [2.05, 4.69) is 11.9 Å². The molecule has 0 aliphatic heterocycles. The van der Waals surface area contributed by atoms with Crippen LogP contribution >= 0.6 is 0 Å². The molecule has 0 N–H and O–H groups in total. The van der Waals surface area contributed by atoms with Gasteiger partial charge in [0.25, 0.3) is 0 Å². The average molecular weight is 221 g/mol. The van der Waals surface area contributed by atoms with Crippen LogP contribution in [-0.4, -0.2) is 4.98 Å². The zero-order valence-corrected chi connectivity index (χ0v) is 9.95. The molecule has 1 fully saturated rings. The van der Waals surface area contributed by atoms with Crippen LogP contribution in [0.15, 0.2) is 18.3 Å². The third kappa shape index (κ3) is 2.81. The first kappa shape index (κ1) is 11.6. The zero-order valence-electron chi connectivity index (χ0n) is 9.95. The normalized spacial score (nSPS) is 25.6. The van der Waals surface area contributed by atoms with E-state index in [1.807, 2.05) is 6.07 Å². The minimum absolute atomic E-state index is 0.372. The Kier molecular flexibility index (Phi) is 3.92. The van der Waals surface area contributed by atoms with Gasteiger partial charge in [-0.15, -0.1) is 0 Å². The summed E-state index contributed by atoms with van der Waals surface area (Å²) >= 11 is 0. The van der Waals surface area contributed by atoms with E-state index in [0.29, 0.717) is 5.92 Å². The maximum Gasteiger partial charge on any atom is 0.212 e. The lowest BCUT2D eigenvalue weighted by Crippen LogP contribution is -2.13. The molecule has 1 aromatic rings. The van der Waals surface area contributed by atoms with Gasteiger partial charge in [-0.2, -0.15) is 4.39 Å². The van der Waals surface area contributed by atoms with Crippen LogP contribution in [0.25, 0.3) is 0 Å². The van der Waals surface area contributed by atoms with Gasteiger partial charge in [-0.05, 0) is 49.1 Å². The van der Waals surface area contributed by atoms with Crippen LogP contribution in [-0.2, 0) is 0 Å². The van der Waals surface area contributed by atoms with Crippen molar-refractivity contribution in [3.63, 3.8) is 0 Å². The molecular formula is C14H20FN. The minimum atomic E-state index is -0.372. The topological polar surface area (TPSA) is 12.9 Å². The summed E-state index contributed by atoms with van der Waals surface area (Å²) in [6.45, 7) is 2.26. The first-order valence-corrected chi connectivity index (χ1v) is 6.41. The number of hydrogen-bond acceptors (Lipinski definition) is 1. The number of aromatic nitrogens is 1. The highest BCUT2D eigenvalue weighted by molar-refractivity contribution is 5.15. The van der Waals surface area contributed by atoms with Crippen LogP contribution in [0, 0.1) is 11.9 Å². The van der Waals surface area contributed by atoms with E-state index < -0.39 is 0 Å². The smallest absolute Gasteiger partial charge is 0.212 e. The maximum absolute atomic E-state index is 12.7. The van der Waals surface area contributed by atoms with Crippen molar-refractivity contribution in [2.24, 2.45) is 5.92 Å². The summed E-state index contributed by atoms with van der Waals surface area (Å²) in [6.07, 6.45) is 9.53. The molecule has 2 heteroatoms. The second-order valence-corrected chi connectivity index (χ2v) is 4.92. The largest absolute Gasteiger partial charge is 0.228 e. The fraction of sp³-hybridized carbons (Fsp3) is 0.643. The molecule has 1 aliphatic rings. The summed E-state index contributed by atoms with van der Waals surface area (Å²) in [5.74, 6) is 1.17. The lowest BCUT2D eigenvalue weighted by atomic mass is 9.78. The zero-order chi connectivity index (χ0) is 11.4. The molecule has 1 aromatic heterocycles. The molecule has 0 aromatic carbocycles. The minimum Gasteiger partial charge on any atom is -0.228 e. The van der Waals surface area contributed by atoms with Crippen molar-refractivity contribution in [3.05, 3.63) is 29.8 Å². The predicted octanol–water partition coefficient (Wildman–Crippen LogP) is 4.29. The molecular weight excluding hydrogens is 201 g/mol. The van der Waals surface area contributed by atoms with Crippen LogP contribution in [0.5, 0.6) is 0 Å². The summed E-state index contributed by atoms with van der Waals surface area (Å²) in [5.41, 5.74) is 1.22. The van der Waals surface area contributed by atoms with Crippen molar-refractivity contribution in [1.29, 1.82) is 0 Å². The van der Waals surface area contributed by atoms with Crippen molar-refractivity contribution in [2.45, 2.75) is 51.4 Å². The standard InChI is InChI=1S/C14H20FN/c1-2-3-11-4-6-12(7-5-11)13-8-9-14(15)16-10-13/h8-12H,2-7H2,1H3. The van der Waals surface area contributed by atoms with Gasteiger partial charge in [0, 0.05) is 6.20 Å². The Labute approximate surface area is 97.1 Å². The van der Waals surface area contributed by atoms with Crippen molar-refractivity contribution in [2.75, 3.05) is 0 Å². The maximum atomic E-state index is 12.7. The second kappa shape index (κ2) is 5.42. The van der Waals surface area contributed by atoms with Gasteiger partial charge in [0.05, 0.1) is 0 Å². The fourth-order valence-corrected chi connectivity index (χ4v) is 2.82. The molecule has 88 valence electrons. The first-order valence-electron chi connectivity index (χ1n) is 6.41. The highest BCUT2D eigenvalue weighted by Gasteiger charge is 2.21.